The number of carbonyl (C=O) groups excluding carboxylic acids is 1. The fraction of sp³-hybridized carbons (Fsp3) is 0.538. The Labute approximate surface area is 137 Å². The highest BCUT2D eigenvalue weighted by atomic mass is 127. The van der Waals surface area contributed by atoms with Gasteiger partial charge in [0, 0.05) is 20.6 Å². The lowest BCUT2D eigenvalue weighted by Gasteiger charge is -2.12. The van der Waals surface area contributed by atoms with Crippen molar-refractivity contribution in [3.05, 3.63) is 24.2 Å². The Bertz CT molecular complexity index is 405. The van der Waals surface area contributed by atoms with Crippen LogP contribution < -0.4 is 10.6 Å². The molecule has 0 aromatic carbocycles. The van der Waals surface area contributed by atoms with E-state index >= 15 is 0 Å². The molecule has 0 saturated heterocycles. The molecule has 0 aliphatic rings. The molecule has 0 aliphatic heterocycles. The van der Waals surface area contributed by atoms with Gasteiger partial charge in [0.05, 0.1) is 12.8 Å². The Kier molecular flexibility index (Phi) is 9.87. The smallest absolute Gasteiger partial charge is 0.243 e. The molecule has 0 bridgehead atoms. The first-order chi connectivity index (χ1) is 9.13. The Hall–Kier alpha value is -1.25. The first-order valence-corrected chi connectivity index (χ1v) is 6.38. The van der Waals surface area contributed by atoms with Crippen LogP contribution in [-0.2, 0) is 11.3 Å². The number of rotatable bonds is 6. The molecule has 1 rings (SSSR count). The molecule has 20 heavy (non-hydrogen) atoms. The number of furan rings is 1. The van der Waals surface area contributed by atoms with E-state index in [1.165, 1.54) is 4.90 Å². The second-order valence-corrected chi connectivity index (χ2v) is 4.31. The summed E-state index contributed by atoms with van der Waals surface area (Å²) < 4.78 is 5.23. The zero-order chi connectivity index (χ0) is 14.1. The van der Waals surface area contributed by atoms with E-state index < -0.39 is 0 Å². The fourth-order valence-corrected chi connectivity index (χ4v) is 1.29. The minimum atomic E-state index is -0.0319. The van der Waals surface area contributed by atoms with Crippen molar-refractivity contribution in [2.24, 2.45) is 4.99 Å². The normalized spacial score (nSPS) is 10.7. The molecule has 0 aliphatic carbocycles. The van der Waals surface area contributed by atoms with Crippen molar-refractivity contribution in [2.45, 2.75) is 19.9 Å². The Balaban J connectivity index is 0.00000361. The van der Waals surface area contributed by atoms with Crippen molar-refractivity contribution in [1.82, 2.24) is 15.5 Å². The van der Waals surface area contributed by atoms with Gasteiger partial charge in [0.2, 0.25) is 5.91 Å². The van der Waals surface area contributed by atoms with Crippen molar-refractivity contribution in [3.8, 4) is 0 Å². The summed E-state index contributed by atoms with van der Waals surface area (Å²) in [5.74, 6) is 1.41. The Morgan fingerprint density at radius 2 is 2.15 bits per heavy atom. The van der Waals surface area contributed by atoms with E-state index in [0.29, 0.717) is 12.5 Å². The van der Waals surface area contributed by atoms with Gasteiger partial charge in [0.25, 0.3) is 0 Å². The van der Waals surface area contributed by atoms with Gasteiger partial charge in [0.15, 0.2) is 5.96 Å². The number of carbonyl (C=O) groups is 1. The molecule has 0 radical (unpaired) electrons. The van der Waals surface area contributed by atoms with Crippen molar-refractivity contribution < 1.29 is 9.21 Å². The molecule has 0 spiro atoms. The molecular formula is C13H23IN4O2. The van der Waals surface area contributed by atoms with Crippen LogP contribution in [0.3, 0.4) is 0 Å². The summed E-state index contributed by atoms with van der Waals surface area (Å²) in [6.07, 6.45) is 2.62. The third-order valence-corrected chi connectivity index (χ3v) is 2.42. The van der Waals surface area contributed by atoms with Crippen molar-refractivity contribution in [3.63, 3.8) is 0 Å². The zero-order valence-electron chi connectivity index (χ0n) is 12.2. The fourth-order valence-electron chi connectivity index (χ4n) is 1.29. The molecule has 0 atom stereocenters. The number of guanidine groups is 1. The largest absolute Gasteiger partial charge is 0.467 e. The second kappa shape index (κ2) is 10.5. The first-order valence-electron chi connectivity index (χ1n) is 6.38. The number of likely N-dealkylation sites (N-methyl/N-ethyl adjacent to an activating group) is 1. The first kappa shape index (κ1) is 18.8. The van der Waals surface area contributed by atoms with E-state index in [-0.39, 0.29) is 36.4 Å². The van der Waals surface area contributed by atoms with Gasteiger partial charge in [0.1, 0.15) is 12.3 Å². The Morgan fingerprint density at radius 1 is 1.40 bits per heavy atom. The molecule has 1 heterocycles. The summed E-state index contributed by atoms with van der Waals surface area (Å²) >= 11 is 0. The van der Waals surface area contributed by atoms with Crippen LogP contribution in [0.1, 0.15) is 19.1 Å². The topological polar surface area (TPSA) is 69.9 Å². The van der Waals surface area contributed by atoms with E-state index in [4.69, 9.17) is 4.42 Å². The van der Waals surface area contributed by atoms with Gasteiger partial charge in [-0.1, -0.05) is 6.92 Å². The van der Waals surface area contributed by atoms with Crippen molar-refractivity contribution in [1.29, 1.82) is 0 Å². The summed E-state index contributed by atoms with van der Waals surface area (Å²) in [4.78, 5) is 17.3. The van der Waals surface area contributed by atoms with Crippen LogP contribution in [0.5, 0.6) is 0 Å². The van der Waals surface area contributed by atoms with Crippen LogP contribution in [0.2, 0.25) is 0 Å². The van der Waals surface area contributed by atoms with Gasteiger partial charge >= 0.3 is 0 Å². The van der Waals surface area contributed by atoms with Gasteiger partial charge in [-0.3, -0.25) is 4.79 Å². The molecule has 1 aromatic rings. The number of amides is 1. The summed E-state index contributed by atoms with van der Waals surface area (Å²) in [6.45, 7) is 3.55. The van der Waals surface area contributed by atoms with Crippen LogP contribution in [-0.4, -0.2) is 44.0 Å². The van der Waals surface area contributed by atoms with Gasteiger partial charge in [-0.15, -0.1) is 24.0 Å². The maximum Gasteiger partial charge on any atom is 0.243 e. The van der Waals surface area contributed by atoms with E-state index in [2.05, 4.69) is 22.5 Å². The number of hydrogen-bond acceptors (Lipinski definition) is 3. The predicted molar refractivity (Wildman–Crippen MR) is 90.3 cm³/mol. The molecule has 0 fully saturated rings. The molecule has 7 heteroatoms. The third-order valence-electron chi connectivity index (χ3n) is 2.42. The summed E-state index contributed by atoms with van der Waals surface area (Å²) in [5.41, 5.74) is 0. The standard InChI is InChI=1S/C13H22N4O2.HI/c1-4-7-14-13(16-10-12(18)17(2)3)15-9-11-6-5-8-19-11;/h5-6,8H,4,7,9-10H2,1-3H3,(H2,14,15,16);1H. The number of aliphatic imine (C=N–C) groups is 1. The highest BCUT2D eigenvalue weighted by molar-refractivity contribution is 14.0. The number of halogens is 1. The van der Waals surface area contributed by atoms with Gasteiger partial charge in [-0.25, -0.2) is 4.99 Å². The van der Waals surface area contributed by atoms with Crippen LogP contribution in [0.15, 0.2) is 27.8 Å². The highest BCUT2D eigenvalue weighted by Gasteiger charge is 2.04. The van der Waals surface area contributed by atoms with Crippen molar-refractivity contribution in [2.75, 3.05) is 27.2 Å². The summed E-state index contributed by atoms with van der Waals surface area (Å²) in [6, 6.07) is 3.72. The molecule has 1 amide bonds. The predicted octanol–water partition coefficient (Wildman–Crippen LogP) is 1.43. The number of nitrogens with zero attached hydrogens (tertiary/aromatic N) is 2. The number of hydrogen-bond donors (Lipinski definition) is 2. The van der Waals surface area contributed by atoms with Crippen LogP contribution in [0, 0.1) is 0 Å². The number of nitrogens with one attached hydrogen (secondary N) is 2. The van der Waals surface area contributed by atoms with E-state index in [9.17, 15) is 4.79 Å². The third kappa shape index (κ3) is 7.37. The monoisotopic (exact) mass is 394 g/mol. The molecule has 6 nitrogen and oxygen atoms in total. The average molecular weight is 394 g/mol. The highest BCUT2D eigenvalue weighted by Crippen LogP contribution is 1.98. The molecule has 2 N–H and O–H groups in total. The lowest BCUT2D eigenvalue weighted by molar-refractivity contribution is -0.127. The lowest BCUT2D eigenvalue weighted by Crippen LogP contribution is -2.38. The van der Waals surface area contributed by atoms with Crippen molar-refractivity contribution >= 4 is 35.8 Å². The second-order valence-electron chi connectivity index (χ2n) is 4.31. The van der Waals surface area contributed by atoms with E-state index in [0.717, 1.165) is 18.7 Å². The van der Waals surface area contributed by atoms with Gasteiger partial charge < -0.3 is 20.0 Å². The Morgan fingerprint density at radius 3 is 2.70 bits per heavy atom. The molecule has 114 valence electrons. The van der Waals surface area contributed by atoms with Crippen LogP contribution in [0.4, 0.5) is 0 Å². The van der Waals surface area contributed by atoms with Gasteiger partial charge in [-0.2, -0.15) is 0 Å². The quantitative estimate of drug-likeness (QED) is 0.435. The zero-order valence-corrected chi connectivity index (χ0v) is 14.5. The maximum atomic E-state index is 11.5. The van der Waals surface area contributed by atoms with E-state index in [1.54, 1.807) is 20.4 Å². The minimum Gasteiger partial charge on any atom is -0.467 e. The van der Waals surface area contributed by atoms with Crippen LogP contribution >= 0.6 is 24.0 Å². The summed E-state index contributed by atoms with van der Waals surface area (Å²) in [7, 11) is 3.43. The SMILES string of the molecule is CCCNC(=NCC(=O)N(C)C)NCc1ccco1.I. The minimum absolute atomic E-state index is 0. The van der Waals surface area contributed by atoms with E-state index in [1.807, 2.05) is 12.1 Å². The van der Waals surface area contributed by atoms with Gasteiger partial charge in [-0.05, 0) is 18.6 Å². The van der Waals surface area contributed by atoms with Crippen LogP contribution in [0.25, 0.3) is 0 Å². The maximum absolute atomic E-state index is 11.5. The molecule has 0 unspecified atom stereocenters. The molecule has 0 saturated carbocycles. The molecule has 1 aromatic heterocycles. The average Bonchev–Trinajstić information content (AvgIpc) is 2.90. The molecular weight excluding hydrogens is 371 g/mol. The summed E-state index contributed by atoms with van der Waals surface area (Å²) in [5, 5.41) is 6.28. The lowest BCUT2D eigenvalue weighted by atomic mass is 10.4.